The lowest BCUT2D eigenvalue weighted by Gasteiger charge is -2.04. The molecule has 0 saturated carbocycles. The lowest BCUT2D eigenvalue weighted by Crippen LogP contribution is -2.17. The third-order valence-electron chi connectivity index (χ3n) is 2.77. The molecule has 0 amide bonds. The third kappa shape index (κ3) is 3.68. The molecule has 3 aromatic rings. The number of thiol groups is 1. The standard InChI is InChI=1S/C11H9BrFN9OS/c12-6-3-5(1-2-7(6)13)15-11(20-24)9-10(19-23-18-9)14-4-8-16-21-22-17-8/h1-3,24H,4H2,(H,14,19)(H,15,20)(H,16,17,21,22). The summed E-state index contributed by atoms with van der Waals surface area (Å²) in [5.41, 5.74) is 0.765. The van der Waals surface area contributed by atoms with Crippen molar-refractivity contribution in [1.29, 1.82) is 0 Å². The van der Waals surface area contributed by atoms with Gasteiger partial charge in [-0.05, 0) is 44.4 Å². The van der Waals surface area contributed by atoms with E-state index in [1.54, 1.807) is 0 Å². The molecule has 0 bridgehead atoms. The SMILES string of the molecule is Fc1ccc(N=C(NS)c2nonc2NCc2nn[nH]n2)cc1Br. The fourth-order valence-corrected chi connectivity index (χ4v) is 2.22. The van der Waals surface area contributed by atoms with E-state index in [0.29, 0.717) is 17.3 Å². The lowest BCUT2D eigenvalue weighted by molar-refractivity contribution is 0.307. The van der Waals surface area contributed by atoms with Crippen molar-refractivity contribution in [2.24, 2.45) is 4.99 Å². The Kier molecular flexibility index (Phi) is 5.00. The minimum absolute atomic E-state index is 0.250. The van der Waals surface area contributed by atoms with E-state index in [2.05, 4.69) is 74.7 Å². The van der Waals surface area contributed by atoms with Crippen LogP contribution < -0.4 is 10.0 Å². The highest BCUT2D eigenvalue weighted by Gasteiger charge is 2.16. The number of rotatable bonds is 5. The minimum atomic E-state index is -0.389. The van der Waals surface area contributed by atoms with Crippen molar-refractivity contribution in [3.8, 4) is 0 Å². The van der Waals surface area contributed by atoms with E-state index in [1.165, 1.54) is 18.2 Å². The fourth-order valence-electron chi connectivity index (χ4n) is 1.69. The first-order chi connectivity index (χ1) is 11.7. The third-order valence-corrected chi connectivity index (χ3v) is 3.59. The molecule has 0 saturated heterocycles. The monoisotopic (exact) mass is 413 g/mol. The van der Waals surface area contributed by atoms with Crippen LogP contribution in [0.15, 0.2) is 32.3 Å². The van der Waals surface area contributed by atoms with Crippen LogP contribution in [0.5, 0.6) is 0 Å². The van der Waals surface area contributed by atoms with Crippen molar-refractivity contribution in [3.63, 3.8) is 0 Å². The Morgan fingerprint density at radius 1 is 1.42 bits per heavy atom. The van der Waals surface area contributed by atoms with E-state index < -0.39 is 0 Å². The maximum atomic E-state index is 13.3. The Balaban J connectivity index is 1.84. The number of amidine groups is 1. The molecule has 13 heteroatoms. The summed E-state index contributed by atoms with van der Waals surface area (Å²) in [5, 5.41) is 23.9. The van der Waals surface area contributed by atoms with Crippen LogP contribution in [0.3, 0.4) is 0 Å². The Morgan fingerprint density at radius 2 is 2.29 bits per heavy atom. The normalized spacial score (nSPS) is 11.5. The number of anilines is 1. The second-order valence-electron chi connectivity index (χ2n) is 4.31. The number of H-pyrrole nitrogens is 1. The van der Waals surface area contributed by atoms with Gasteiger partial charge in [-0.2, -0.15) is 5.21 Å². The van der Waals surface area contributed by atoms with Gasteiger partial charge < -0.3 is 10.0 Å². The summed E-state index contributed by atoms with van der Waals surface area (Å²) < 4.78 is 20.9. The molecule has 0 radical (unpaired) electrons. The smallest absolute Gasteiger partial charge is 0.202 e. The van der Waals surface area contributed by atoms with Gasteiger partial charge in [-0.3, -0.25) is 0 Å². The highest BCUT2D eigenvalue weighted by Crippen LogP contribution is 2.23. The molecular formula is C11H9BrFN9OS. The Morgan fingerprint density at radius 3 is 3.00 bits per heavy atom. The molecule has 3 rings (SSSR count). The average Bonchev–Trinajstić information content (AvgIpc) is 3.25. The Bertz CT molecular complexity index is 853. The van der Waals surface area contributed by atoms with Crippen LogP contribution in [0.25, 0.3) is 0 Å². The van der Waals surface area contributed by atoms with Gasteiger partial charge in [0.15, 0.2) is 17.4 Å². The summed E-state index contributed by atoms with van der Waals surface area (Å²) in [6, 6.07) is 4.31. The maximum absolute atomic E-state index is 13.3. The van der Waals surface area contributed by atoms with E-state index >= 15 is 0 Å². The number of aliphatic imine (C=N–C) groups is 1. The summed E-state index contributed by atoms with van der Waals surface area (Å²) >= 11 is 7.11. The average molecular weight is 414 g/mol. The van der Waals surface area contributed by atoms with Crippen molar-refractivity contribution in [2.75, 3.05) is 5.32 Å². The van der Waals surface area contributed by atoms with Crippen LogP contribution in [0, 0.1) is 5.82 Å². The van der Waals surface area contributed by atoms with E-state index in [0.717, 1.165) is 0 Å². The highest BCUT2D eigenvalue weighted by molar-refractivity contribution is 9.10. The van der Waals surface area contributed by atoms with Gasteiger partial charge in [0.05, 0.1) is 16.7 Å². The van der Waals surface area contributed by atoms with E-state index in [-0.39, 0.29) is 28.4 Å². The molecule has 0 fully saturated rings. The van der Waals surface area contributed by atoms with Crippen molar-refractivity contribution >= 4 is 46.1 Å². The van der Waals surface area contributed by atoms with Crippen LogP contribution >= 0.6 is 28.7 Å². The fraction of sp³-hybridized carbons (Fsp3) is 0.0909. The van der Waals surface area contributed by atoms with Gasteiger partial charge in [0.25, 0.3) is 0 Å². The zero-order valence-corrected chi connectivity index (χ0v) is 14.2. The number of nitrogens with zero attached hydrogens (tertiary/aromatic N) is 6. The Labute approximate surface area is 148 Å². The number of hydrogen-bond acceptors (Lipinski definition) is 9. The van der Waals surface area contributed by atoms with Crippen molar-refractivity contribution < 1.29 is 9.02 Å². The number of aromatic nitrogens is 6. The molecule has 10 nitrogen and oxygen atoms in total. The number of benzene rings is 1. The second kappa shape index (κ2) is 7.35. The highest BCUT2D eigenvalue weighted by atomic mass is 79.9. The number of halogens is 2. The summed E-state index contributed by atoms with van der Waals surface area (Å²) in [4.78, 5) is 4.31. The molecule has 0 spiro atoms. The molecule has 24 heavy (non-hydrogen) atoms. The van der Waals surface area contributed by atoms with E-state index in [1.807, 2.05) is 0 Å². The van der Waals surface area contributed by atoms with Crippen LogP contribution in [-0.2, 0) is 6.54 Å². The van der Waals surface area contributed by atoms with Crippen molar-refractivity contribution in [2.45, 2.75) is 6.54 Å². The molecule has 0 aliphatic heterocycles. The number of tetrazole rings is 1. The molecule has 2 aromatic heterocycles. The molecule has 2 heterocycles. The summed E-state index contributed by atoms with van der Waals surface area (Å²) in [6.07, 6.45) is 0. The molecular weight excluding hydrogens is 405 g/mol. The van der Waals surface area contributed by atoms with E-state index in [9.17, 15) is 4.39 Å². The predicted molar refractivity (Wildman–Crippen MR) is 88.2 cm³/mol. The van der Waals surface area contributed by atoms with Gasteiger partial charge in [-0.25, -0.2) is 14.0 Å². The lowest BCUT2D eigenvalue weighted by atomic mass is 10.3. The first-order valence-electron chi connectivity index (χ1n) is 6.40. The molecule has 1 aromatic carbocycles. The quantitative estimate of drug-likeness (QED) is 0.282. The molecule has 3 N–H and O–H groups in total. The zero-order chi connectivity index (χ0) is 16.9. The summed E-state index contributed by atoms with van der Waals surface area (Å²) in [7, 11) is 0. The molecule has 0 atom stereocenters. The molecule has 0 aliphatic rings. The van der Waals surface area contributed by atoms with Gasteiger partial charge in [0, 0.05) is 0 Å². The molecule has 0 unspecified atom stereocenters. The van der Waals surface area contributed by atoms with Gasteiger partial charge in [-0.1, -0.05) is 18.0 Å². The summed E-state index contributed by atoms with van der Waals surface area (Å²) in [6.45, 7) is 0.250. The topological polar surface area (TPSA) is 130 Å². The Hall–Kier alpha value is -2.54. The van der Waals surface area contributed by atoms with Gasteiger partial charge in [-0.15, -0.1) is 10.2 Å². The van der Waals surface area contributed by atoms with Crippen molar-refractivity contribution in [1.82, 2.24) is 35.7 Å². The summed E-state index contributed by atoms with van der Waals surface area (Å²) in [5.74, 6) is 0.610. The first kappa shape index (κ1) is 16.3. The van der Waals surface area contributed by atoms with Gasteiger partial charge >= 0.3 is 0 Å². The zero-order valence-electron chi connectivity index (χ0n) is 11.7. The van der Waals surface area contributed by atoms with Crippen molar-refractivity contribution in [3.05, 3.63) is 40.0 Å². The van der Waals surface area contributed by atoms with E-state index in [4.69, 9.17) is 4.63 Å². The minimum Gasteiger partial charge on any atom is -0.358 e. The van der Waals surface area contributed by atoms with Crippen LogP contribution in [-0.4, -0.2) is 36.8 Å². The molecule has 124 valence electrons. The number of aromatic amines is 1. The van der Waals surface area contributed by atoms with Gasteiger partial charge in [0.2, 0.25) is 5.82 Å². The largest absolute Gasteiger partial charge is 0.358 e. The molecule has 0 aliphatic carbocycles. The van der Waals surface area contributed by atoms with Gasteiger partial charge in [0.1, 0.15) is 5.82 Å². The second-order valence-corrected chi connectivity index (χ2v) is 5.39. The predicted octanol–water partition coefficient (Wildman–Crippen LogP) is 1.61. The van der Waals surface area contributed by atoms with Crippen LogP contribution in [0.4, 0.5) is 15.9 Å². The number of hydrogen-bond donors (Lipinski definition) is 4. The first-order valence-corrected chi connectivity index (χ1v) is 7.64. The van der Waals surface area contributed by atoms with Crippen LogP contribution in [0.1, 0.15) is 11.5 Å². The number of nitrogens with one attached hydrogen (secondary N) is 3. The van der Waals surface area contributed by atoms with Crippen LogP contribution in [0.2, 0.25) is 0 Å². The maximum Gasteiger partial charge on any atom is 0.202 e.